The number of ether oxygens (including phenoxy) is 2. The Hall–Kier alpha value is -2.54. The third kappa shape index (κ3) is 7.76. The van der Waals surface area contributed by atoms with Gasteiger partial charge < -0.3 is 19.7 Å². The Morgan fingerprint density at radius 3 is 2.29 bits per heavy atom. The van der Waals surface area contributed by atoms with E-state index in [0.29, 0.717) is 25.3 Å². The quantitative estimate of drug-likeness (QED) is 0.416. The van der Waals surface area contributed by atoms with Crippen molar-refractivity contribution >= 4 is 27.7 Å². The van der Waals surface area contributed by atoms with Gasteiger partial charge in [0.05, 0.1) is 11.6 Å². The van der Waals surface area contributed by atoms with E-state index in [9.17, 15) is 9.59 Å². The fourth-order valence-electron chi connectivity index (χ4n) is 3.52. The van der Waals surface area contributed by atoms with Gasteiger partial charge in [-0.25, -0.2) is 0 Å². The van der Waals surface area contributed by atoms with Crippen LogP contribution in [0.2, 0.25) is 0 Å². The highest BCUT2D eigenvalue weighted by Gasteiger charge is 2.29. The molecule has 2 rings (SSSR count). The van der Waals surface area contributed by atoms with E-state index in [1.165, 1.54) is 0 Å². The summed E-state index contributed by atoms with van der Waals surface area (Å²) in [6.45, 7) is 11.0. The topological polar surface area (TPSA) is 67.9 Å². The van der Waals surface area contributed by atoms with Gasteiger partial charge in [0.25, 0.3) is 5.91 Å². The SMILES string of the molecule is CCCNC(=O)[C@H](CC)N(Cc1ccc(OC)cc1)C(=O)COc1ccc(C(C)(C)C)cc1Br. The molecule has 0 bridgehead atoms. The zero-order valence-electron chi connectivity index (χ0n) is 21.1. The molecule has 186 valence electrons. The van der Waals surface area contributed by atoms with Crippen LogP contribution in [0.5, 0.6) is 11.5 Å². The van der Waals surface area contributed by atoms with Crippen molar-refractivity contribution in [2.75, 3.05) is 20.3 Å². The molecule has 2 aromatic carbocycles. The molecule has 0 unspecified atom stereocenters. The van der Waals surface area contributed by atoms with Gasteiger partial charge in [0.15, 0.2) is 6.61 Å². The Morgan fingerprint density at radius 1 is 1.09 bits per heavy atom. The molecule has 2 aromatic rings. The smallest absolute Gasteiger partial charge is 0.261 e. The molecule has 0 aliphatic heterocycles. The van der Waals surface area contributed by atoms with E-state index in [1.54, 1.807) is 12.0 Å². The second kappa shape index (κ2) is 12.8. The van der Waals surface area contributed by atoms with E-state index in [2.05, 4.69) is 42.0 Å². The molecule has 0 aliphatic rings. The van der Waals surface area contributed by atoms with Crippen LogP contribution in [0.3, 0.4) is 0 Å². The van der Waals surface area contributed by atoms with Crippen molar-refractivity contribution in [3.8, 4) is 11.5 Å². The Bertz CT molecular complexity index is 954. The van der Waals surface area contributed by atoms with Gasteiger partial charge in [-0.15, -0.1) is 0 Å². The van der Waals surface area contributed by atoms with Crippen LogP contribution >= 0.6 is 15.9 Å². The first-order valence-corrected chi connectivity index (χ1v) is 12.5. The lowest BCUT2D eigenvalue weighted by molar-refractivity contribution is -0.143. The van der Waals surface area contributed by atoms with E-state index in [-0.39, 0.29) is 23.8 Å². The number of halogens is 1. The molecule has 0 heterocycles. The summed E-state index contributed by atoms with van der Waals surface area (Å²) in [6, 6.07) is 12.8. The second-order valence-corrected chi connectivity index (χ2v) is 10.1. The fourth-order valence-corrected chi connectivity index (χ4v) is 4.01. The van der Waals surface area contributed by atoms with Crippen molar-refractivity contribution in [3.05, 3.63) is 58.1 Å². The van der Waals surface area contributed by atoms with Gasteiger partial charge in [0.1, 0.15) is 17.5 Å². The molecule has 7 heteroatoms. The number of rotatable bonds is 11. The molecule has 1 atom stereocenters. The molecule has 34 heavy (non-hydrogen) atoms. The molecule has 0 saturated carbocycles. The molecule has 0 saturated heterocycles. The van der Waals surface area contributed by atoms with Crippen LogP contribution in [0, 0.1) is 0 Å². The molecule has 1 N–H and O–H groups in total. The van der Waals surface area contributed by atoms with E-state index in [4.69, 9.17) is 9.47 Å². The van der Waals surface area contributed by atoms with Crippen LogP contribution in [-0.2, 0) is 21.5 Å². The van der Waals surface area contributed by atoms with Crippen LogP contribution in [-0.4, -0.2) is 43.0 Å². The molecular formula is C27H37BrN2O4. The minimum absolute atomic E-state index is 0.00618. The molecule has 0 radical (unpaired) electrons. The maximum atomic E-state index is 13.3. The molecule has 0 aliphatic carbocycles. The lowest BCUT2D eigenvalue weighted by Crippen LogP contribution is -2.50. The number of carbonyl (C=O) groups is 2. The number of carbonyl (C=O) groups excluding carboxylic acids is 2. The minimum Gasteiger partial charge on any atom is -0.497 e. The van der Waals surface area contributed by atoms with Gasteiger partial charge in [0.2, 0.25) is 5.91 Å². The number of amides is 2. The van der Waals surface area contributed by atoms with Gasteiger partial charge in [-0.2, -0.15) is 0 Å². The third-order valence-corrected chi connectivity index (χ3v) is 6.22. The van der Waals surface area contributed by atoms with E-state index < -0.39 is 6.04 Å². The summed E-state index contributed by atoms with van der Waals surface area (Å²) in [6.07, 6.45) is 1.33. The zero-order valence-corrected chi connectivity index (χ0v) is 22.7. The first kappa shape index (κ1) is 27.7. The highest BCUT2D eigenvalue weighted by atomic mass is 79.9. The Balaban J connectivity index is 2.22. The third-order valence-electron chi connectivity index (χ3n) is 5.60. The number of hydrogen-bond acceptors (Lipinski definition) is 4. The van der Waals surface area contributed by atoms with Crippen LogP contribution in [0.15, 0.2) is 46.9 Å². The summed E-state index contributed by atoms with van der Waals surface area (Å²) < 4.78 is 11.9. The summed E-state index contributed by atoms with van der Waals surface area (Å²) in [4.78, 5) is 27.8. The Labute approximate surface area is 212 Å². The number of nitrogens with one attached hydrogen (secondary N) is 1. The van der Waals surface area contributed by atoms with E-state index >= 15 is 0 Å². The van der Waals surface area contributed by atoms with Crippen molar-refractivity contribution in [2.24, 2.45) is 0 Å². The summed E-state index contributed by atoms with van der Waals surface area (Å²) in [5, 5.41) is 2.92. The maximum Gasteiger partial charge on any atom is 0.261 e. The lowest BCUT2D eigenvalue weighted by atomic mass is 9.87. The van der Waals surface area contributed by atoms with Crippen molar-refractivity contribution in [3.63, 3.8) is 0 Å². The molecule has 0 spiro atoms. The minimum atomic E-state index is -0.587. The van der Waals surface area contributed by atoms with Crippen LogP contribution < -0.4 is 14.8 Å². The average Bonchev–Trinajstić information content (AvgIpc) is 2.81. The highest BCUT2D eigenvalue weighted by Crippen LogP contribution is 2.31. The number of nitrogens with zero attached hydrogens (tertiary/aromatic N) is 1. The van der Waals surface area contributed by atoms with Gasteiger partial charge in [0, 0.05) is 13.1 Å². The summed E-state index contributed by atoms with van der Waals surface area (Å²) in [7, 11) is 1.61. The number of methoxy groups -OCH3 is 1. The molecule has 6 nitrogen and oxygen atoms in total. The van der Waals surface area contributed by atoms with Crippen LogP contribution in [0.25, 0.3) is 0 Å². The average molecular weight is 534 g/mol. The summed E-state index contributed by atoms with van der Waals surface area (Å²) in [5.41, 5.74) is 2.08. The van der Waals surface area contributed by atoms with Gasteiger partial charge in [-0.1, -0.05) is 52.8 Å². The predicted molar refractivity (Wildman–Crippen MR) is 139 cm³/mol. The van der Waals surface area contributed by atoms with Crippen molar-refractivity contribution in [2.45, 2.75) is 65.5 Å². The molecule has 0 aromatic heterocycles. The number of benzene rings is 2. The van der Waals surface area contributed by atoms with Gasteiger partial charge >= 0.3 is 0 Å². The second-order valence-electron chi connectivity index (χ2n) is 9.27. The first-order chi connectivity index (χ1) is 16.1. The standard InChI is InChI=1S/C27H37BrN2O4/c1-7-15-29-26(32)23(8-2)30(17-19-9-12-21(33-6)13-10-19)25(31)18-34-24-14-11-20(16-22(24)28)27(3,4)5/h9-14,16,23H,7-8,15,17-18H2,1-6H3,(H,29,32)/t23-/m0/s1. The number of hydrogen-bond donors (Lipinski definition) is 1. The highest BCUT2D eigenvalue weighted by molar-refractivity contribution is 9.10. The van der Waals surface area contributed by atoms with Gasteiger partial charge in [-0.3, -0.25) is 9.59 Å². The maximum absolute atomic E-state index is 13.3. The Kier molecular flexibility index (Phi) is 10.4. The molecule has 2 amide bonds. The van der Waals surface area contributed by atoms with Crippen molar-refractivity contribution in [1.82, 2.24) is 10.2 Å². The van der Waals surface area contributed by atoms with Gasteiger partial charge in [-0.05, 0) is 69.6 Å². The van der Waals surface area contributed by atoms with Crippen LogP contribution in [0.1, 0.15) is 58.6 Å². The van der Waals surface area contributed by atoms with Crippen LogP contribution in [0.4, 0.5) is 0 Å². The summed E-state index contributed by atoms with van der Waals surface area (Å²) >= 11 is 3.56. The first-order valence-electron chi connectivity index (χ1n) is 11.7. The predicted octanol–water partition coefficient (Wildman–Crippen LogP) is 5.47. The normalized spacial score (nSPS) is 12.1. The largest absolute Gasteiger partial charge is 0.497 e. The van der Waals surface area contributed by atoms with E-state index in [1.807, 2.05) is 56.3 Å². The monoisotopic (exact) mass is 532 g/mol. The van der Waals surface area contributed by atoms with Crippen molar-refractivity contribution in [1.29, 1.82) is 0 Å². The zero-order chi connectivity index (χ0) is 25.3. The lowest BCUT2D eigenvalue weighted by Gasteiger charge is -2.30. The summed E-state index contributed by atoms with van der Waals surface area (Å²) in [5.74, 6) is 0.929. The molecular weight excluding hydrogens is 496 g/mol. The van der Waals surface area contributed by atoms with E-state index in [0.717, 1.165) is 27.8 Å². The van der Waals surface area contributed by atoms with Crippen molar-refractivity contribution < 1.29 is 19.1 Å². The molecule has 0 fully saturated rings. The fraction of sp³-hybridized carbons (Fsp3) is 0.481. The Morgan fingerprint density at radius 2 is 1.76 bits per heavy atom.